The Balaban J connectivity index is 2.16. The summed E-state index contributed by atoms with van der Waals surface area (Å²) in [5.41, 5.74) is 1.37. The van der Waals surface area contributed by atoms with Gasteiger partial charge >= 0.3 is 0 Å². The number of aliphatic hydroxyl groups is 1. The Morgan fingerprint density at radius 1 is 1.22 bits per heavy atom. The molecule has 6 nitrogen and oxygen atoms in total. The maximum atomic E-state index is 12.0. The highest BCUT2D eigenvalue weighted by atomic mass is 16.6. The quantitative estimate of drug-likeness (QED) is 0.503. The molecule has 0 heterocycles. The van der Waals surface area contributed by atoms with Crippen LogP contribution in [0, 0.1) is 10.1 Å². The fourth-order valence-corrected chi connectivity index (χ4v) is 2.11. The van der Waals surface area contributed by atoms with E-state index in [2.05, 4.69) is 5.32 Å². The number of hydrogen-bond acceptors (Lipinski definition) is 4. The van der Waals surface area contributed by atoms with Gasteiger partial charge < -0.3 is 10.4 Å². The van der Waals surface area contributed by atoms with Crippen molar-refractivity contribution in [3.63, 3.8) is 0 Å². The third kappa shape index (κ3) is 4.24. The summed E-state index contributed by atoms with van der Waals surface area (Å²) in [7, 11) is 0. The van der Waals surface area contributed by atoms with Crippen LogP contribution in [-0.2, 0) is 4.79 Å². The number of aliphatic hydroxyl groups excluding tert-OH is 1. The molecular formula is C17H16N2O4. The number of nitro benzene ring substituents is 1. The zero-order chi connectivity index (χ0) is 16.8. The summed E-state index contributed by atoms with van der Waals surface area (Å²) >= 11 is 0. The van der Waals surface area contributed by atoms with Crippen molar-refractivity contribution in [2.75, 3.05) is 5.32 Å². The van der Waals surface area contributed by atoms with Crippen molar-refractivity contribution in [3.8, 4) is 0 Å². The minimum absolute atomic E-state index is 0.0686. The zero-order valence-electron chi connectivity index (χ0n) is 12.5. The Hall–Kier alpha value is -2.99. The molecule has 118 valence electrons. The SMILES string of the molecule is CC(O)c1ccccc1NC(=O)/C=C/c1ccccc1[N+](=O)[O-]. The normalized spacial score (nSPS) is 12.1. The summed E-state index contributed by atoms with van der Waals surface area (Å²) in [6, 6.07) is 13.1. The van der Waals surface area contributed by atoms with Gasteiger partial charge in [0.2, 0.25) is 5.91 Å². The Labute approximate surface area is 133 Å². The molecule has 0 bridgehead atoms. The van der Waals surface area contributed by atoms with E-state index in [9.17, 15) is 20.0 Å². The number of nitrogens with zero attached hydrogens (tertiary/aromatic N) is 1. The molecule has 0 aliphatic rings. The van der Waals surface area contributed by atoms with Crippen molar-refractivity contribution >= 4 is 23.4 Å². The van der Waals surface area contributed by atoms with Crippen LogP contribution < -0.4 is 5.32 Å². The standard InChI is InChI=1S/C17H16N2O4/c1-12(20)14-7-3-4-8-15(14)18-17(21)11-10-13-6-2-5-9-16(13)19(22)23/h2-12,20H,1H3,(H,18,21)/b11-10+. The lowest BCUT2D eigenvalue weighted by Crippen LogP contribution is -2.10. The molecule has 2 aromatic rings. The van der Waals surface area contributed by atoms with Gasteiger partial charge in [-0.05, 0) is 25.1 Å². The molecule has 1 amide bonds. The van der Waals surface area contributed by atoms with Gasteiger partial charge in [0.05, 0.1) is 16.6 Å². The van der Waals surface area contributed by atoms with Gasteiger partial charge in [-0.15, -0.1) is 0 Å². The van der Waals surface area contributed by atoms with Crippen LogP contribution in [-0.4, -0.2) is 15.9 Å². The number of carbonyl (C=O) groups excluding carboxylic acids is 1. The molecule has 2 rings (SSSR count). The van der Waals surface area contributed by atoms with E-state index in [1.807, 2.05) is 0 Å². The lowest BCUT2D eigenvalue weighted by atomic mass is 10.1. The largest absolute Gasteiger partial charge is 0.389 e. The van der Waals surface area contributed by atoms with Gasteiger partial charge in [-0.3, -0.25) is 14.9 Å². The Bertz CT molecular complexity index is 754. The molecule has 0 saturated heterocycles. The number of rotatable bonds is 5. The number of nitro groups is 1. The Morgan fingerprint density at radius 3 is 2.57 bits per heavy atom. The van der Waals surface area contributed by atoms with Crippen LogP contribution in [0.3, 0.4) is 0 Å². The van der Waals surface area contributed by atoms with Gasteiger partial charge in [-0.1, -0.05) is 30.3 Å². The summed E-state index contributed by atoms with van der Waals surface area (Å²) in [4.78, 5) is 22.4. The molecule has 2 N–H and O–H groups in total. The smallest absolute Gasteiger partial charge is 0.276 e. The molecule has 0 fully saturated rings. The van der Waals surface area contributed by atoms with E-state index in [-0.39, 0.29) is 5.69 Å². The number of nitrogens with one attached hydrogen (secondary N) is 1. The summed E-state index contributed by atoms with van der Waals surface area (Å²) in [6.07, 6.45) is 1.89. The van der Waals surface area contributed by atoms with E-state index in [1.165, 1.54) is 18.2 Å². The van der Waals surface area contributed by atoms with Crippen molar-refractivity contribution in [2.24, 2.45) is 0 Å². The molecule has 0 radical (unpaired) electrons. The summed E-state index contributed by atoms with van der Waals surface area (Å²) in [6.45, 7) is 1.61. The predicted molar refractivity (Wildman–Crippen MR) is 87.8 cm³/mol. The average molecular weight is 312 g/mol. The maximum Gasteiger partial charge on any atom is 0.276 e. The fraction of sp³-hybridized carbons (Fsp3) is 0.118. The van der Waals surface area contributed by atoms with Crippen LogP contribution in [0.2, 0.25) is 0 Å². The second-order valence-electron chi connectivity index (χ2n) is 4.90. The Morgan fingerprint density at radius 2 is 1.87 bits per heavy atom. The third-order valence-electron chi connectivity index (χ3n) is 3.22. The van der Waals surface area contributed by atoms with Crippen molar-refractivity contribution in [3.05, 3.63) is 75.8 Å². The monoisotopic (exact) mass is 312 g/mol. The van der Waals surface area contributed by atoms with E-state index in [0.29, 0.717) is 16.8 Å². The summed E-state index contributed by atoms with van der Waals surface area (Å²) < 4.78 is 0. The van der Waals surface area contributed by atoms with Gasteiger partial charge in [0.25, 0.3) is 5.69 Å². The molecule has 2 aromatic carbocycles. The van der Waals surface area contributed by atoms with E-state index in [1.54, 1.807) is 49.4 Å². The minimum atomic E-state index is -0.717. The summed E-state index contributed by atoms with van der Waals surface area (Å²) in [5.74, 6) is -0.434. The van der Waals surface area contributed by atoms with Crippen molar-refractivity contribution in [1.82, 2.24) is 0 Å². The van der Waals surface area contributed by atoms with Crippen LogP contribution in [0.15, 0.2) is 54.6 Å². The van der Waals surface area contributed by atoms with E-state index < -0.39 is 16.9 Å². The molecule has 0 aliphatic carbocycles. The highest BCUT2D eigenvalue weighted by Crippen LogP contribution is 2.22. The highest BCUT2D eigenvalue weighted by Gasteiger charge is 2.11. The van der Waals surface area contributed by atoms with Crippen LogP contribution in [0.5, 0.6) is 0 Å². The van der Waals surface area contributed by atoms with E-state index >= 15 is 0 Å². The average Bonchev–Trinajstić information content (AvgIpc) is 2.53. The lowest BCUT2D eigenvalue weighted by Gasteiger charge is -2.11. The highest BCUT2D eigenvalue weighted by molar-refractivity contribution is 6.02. The van der Waals surface area contributed by atoms with Gasteiger partial charge in [0.1, 0.15) is 0 Å². The first-order valence-corrected chi connectivity index (χ1v) is 6.98. The number of para-hydroxylation sites is 2. The van der Waals surface area contributed by atoms with E-state index in [4.69, 9.17) is 0 Å². The van der Waals surface area contributed by atoms with E-state index in [0.717, 1.165) is 0 Å². The first-order valence-electron chi connectivity index (χ1n) is 6.98. The van der Waals surface area contributed by atoms with Crippen LogP contribution in [0.4, 0.5) is 11.4 Å². The molecule has 1 unspecified atom stereocenters. The van der Waals surface area contributed by atoms with Crippen molar-refractivity contribution in [1.29, 1.82) is 0 Å². The van der Waals surface area contributed by atoms with Crippen LogP contribution in [0.1, 0.15) is 24.2 Å². The Kier molecular flexibility index (Phi) is 5.22. The fourth-order valence-electron chi connectivity index (χ4n) is 2.11. The minimum Gasteiger partial charge on any atom is -0.389 e. The van der Waals surface area contributed by atoms with Crippen LogP contribution in [0.25, 0.3) is 6.08 Å². The predicted octanol–water partition coefficient (Wildman–Crippen LogP) is 3.30. The molecule has 0 saturated carbocycles. The van der Waals surface area contributed by atoms with Gasteiger partial charge in [-0.2, -0.15) is 0 Å². The number of amides is 1. The molecule has 6 heteroatoms. The van der Waals surface area contributed by atoms with Gasteiger partial charge in [0.15, 0.2) is 0 Å². The first kappa shape index (κ1) is 16.4. The molecule has 23 heavy (non-hydrogen) atoms. The molecule has 0 aliphatic heterocycles. The molecule has 1 atom stereocenters. The van der Waals surface area contributed by atoms with Crippen molar-refractivity contribution in [2.45, 2.75) is 13.0 Å². The second kappa shape index (κ2) is 7.33. The first-order chi connectivity index (χ1) is 11.0. The number of carbonyl (C=O) groups is 1. The number of hydrogen-bond donors (Lipinski definition) is 2. The van der Waals surface area contributed by atoms with Gasteiger partial charge in [-0.25, -0.2) is 0 Å². The molecular weight excluding hydrogens is 296 g/mol. The maximum absolute atomic E-state index is 12.0. The van der Waals surface area contributed by atoms with Crippen molar-refractivity contribution < 1.29 is 14.8 Å². The lowest BCUT2D eigenvalue weighted by molar-refractivity contribution is -0.385. The van der Waals surface area contributed by atoms with Crippen LogP contribution >= 0.6 is 0 Å². The summed E-state index contributed by atoms with van der Waals surface area (Å²) in [5, 5.41) is 23.3. The topological polar surface area (TPSA) is 92.5 Å². The molecule has 0 aromatic heterocycles. The van der Waals surface area contributed by atoms with Gasteiger partial charge in [0, 0.05) is 23.4 Å². The zero-order valence-corrected chi connectivity index (χ0v) is 12.5. The molecule has 0 spiro atoms. The number of anilines is 1. The second-order valence-corrected chi connectivity index (χ2v) is 4.90. The third-order valence-corrected chi connectivity index (χ3v) is 3.22. The number of benzene rings is 2.